The molecule has 0 saturated carbocycles. The number of amides is 1. The summed E-state index contributed by atoms with van der Waals surface area (Å²) in [6, 6.07) is 5.82. The number of nitrogens with one attached hydrogen (secondary N) is 1. The van der Waals surface area contributed by atoms with E-state index >= 15 is 0 Å². The summed E-state index contributed by atoms with van der Waals surface area (Å²) in [5, 5.41) is 17.0. The molecule has 0 radical (unpaired) electrons. The van der Waals surface area contributed by atoms with Gasteiger partial charge in [0.15, 0.2) is 5.75 Å². The number of carbonyl (C=O) groups excluding carboxylic acids is 1. The Kier molecular flexibility index (Phi) is 6.40. The predicted octanol–water partition coefficient (Wildman–Crippen LogP) is 3.25. The van der Waals surface area contributed by atoms with Gasteiger partial charge in [0.2, 0.25) is 0 Å². The maximum absolute atomic E-state index is 13.0. The van der Waals surface area contributed by atoms with Crippen LogP contribution in [0.25, 0.3) is 5.52 Å². The molecule has 0 aromatic carbocycles. The highest BCUT2D eigenvalue weighted by atomic mass is 19.3. The minimum Gasteiger partial charge on any atom is -0.490 e. The van der Waals surface area contributed by atoms with Gasteiger partial charge in [0.05, 0.1) is 35.3 Å². The van der Waals surface area contributed by atoms with E-state index in [9.17, 15) is 23.5 Å². The first-order valence-electron chi connectivity index (χ1n) is 9.77. The summed E-state index contributed by atoms with van der Waals surface area (Å²) < 4.78 is 33.3. The van der Waals surface area contributed by atoms with Crippen LogP contribution in [0.15, 0.2) is 41.5 Å². The number of ether oxygens (including phenoxy) is 1. The van der Waals surface area contributed by atoms with Crippen LogP contribution >= 0.6 is 0 Å². The van der Waals surface area contributed by atoms with Crippen LogP contribution in [0.3, 0.4) is 0 Å². The highest BCUT2D eigenvalue weighted by Gasteiger charge is 2.19. The van der Waals surface area contributed by atoms with Crippen molar-refractivity contribution in [3.05, 3.63) is 58.3 Å². The topological polar surface area (TPSA) is 97.9 Å². The molecule has 0 bridgehead atoms. The zero-order chi connectivity index (χ0) is 22.8. The zero-order valence-corrected chi connectivity index (χ0v) is 17.4. The van der Waals surface area contributed by atoms with E-state index in [-0.39, 0.29) is 10.3 Å². The van der Waals surface area contributed by atoms with Crippen molar-refractivity contribution in [3.8, 4) is 5.75 Å². The van der Waals surface area contributed by atoms with Gasteiger partial charge in [0, 0.05) is 6.20 Å². The Labute approximate surface area is 177 Å². The molecular weight excluding hydrogens is 410 g/mol. The third-order valence-corrected chi connectivity index (χ3v) is 4.58. The number of nitrogens with zero attached hydrogens (tertiary/aromatic N) is 3. The van der Waals surface area contributed by atoms with Crippen molar-refractivity contribution in [1.29, 1.82) is 0 Å². The van der Waals surface area contributed by atoms with Crippen LogP contribution in [-0.4, -0.2) is 37.4 Å². The third-order valence-electron chi connectivity index (χ3n) is 4.58. The number of hydrogen-bond acceptors (Lipinski definition) is 5. The fourth-order valence-corrected chi connectivity index (χ4v) is 3.02. The third kappa shape index (κ3) is 5.26. The lowest BCUT2D eigenvalue weighted by molar-refractivity contribution is 0.0658. The van der Waals surface area contributed by atoms with Gasteiger partial charge in [-0.05, 0) is 57.9 Å². The second-order valence-corrected chi connectivity index (χ2v) is 7.67. The molecule has 1 amide bonds. The monoisotopic (exact) mass is 434 g/mol. The summed E-state index contributed by atoms with van der Waals surface area (Å²) in [7, 11) is 0. The number of aryl methyl sites for hydroxylation is 1. The van der Waals surface area contributed by atoms with Gasteiger partial charge in [-0.2, -0.15) is 13.9 Å². The smallest absolute Gasteiger partial charge is 0.321 e. The Morgan fingerprint density at radius 2 is 2.10 bits per heavy atom. The minimum atomic E-state index is -3.05. The van der Waals surface area contributed by atoms with Gasteiger partial charge >= 0.3 is 6.55 Å². The first-order chi connectivity index (χ1) is 14.6. The molecule has 3 aromatic heterocycles. The number of carbonyl (C=O) groups is 1. The summed E-state index contributed by atoms with van der Waals surface area (Å²) in [6.45, 7) is 2.46. The maximum Gasteiger partial charge on any atom is 0.321 e. The van der Waals surface area contributed by atoms with E-state index in [1.54, 1.807) is 37.5 Å². The molecule has 3 aromatic rings. The molecular formula is C21H24F2N4O4. The number of aromatic nitrogens is 3. The largest absolute Gasteiger partial charge is 0.490 e. The minimum absolute atomic E-state index is 0.188. The highest BCUT2D eigenvalue weighted by molar-refractivity contribution is 6.05. The summed E-state index contributed by atoms with van der Waals surface area (Å²) in [4.78, 5) is 24.8. The summed E-state index contributed by atoms with van der Waals surface area (Å²) >= 11 is 0. The molecule has 0 aliphatic heterocycles. The Hall–Kier alpha value is -3.27. The number of pyridine rings is 2. The van der Waals surface area contributed by atoms with Crippen molar-refractivity contribution in [3.63, 3.8) is 0 Å². The van der Waals surface area contributed by atoms with E-state index in [2.05, 4.69) is 10.4 Å². The van der Waals surface area contributed by atoms with Gasteiger partial charge in [-0.25, -0.2) is 4.52 Å². The second-order valence-electron chi connectivity index (χ2n) is 7.67. The van der Waals surface area contributed by atoms with Crippen molar-refractivity contribution in [2.45, 2.75) is 45.8 Å². The van der Waals surface area contributed by atoms with Gasteiger partial charge in [0.25, 0.3) is 11.5 Å². The molecule has 0 saturated heterocycles. The molecule has 0 atom stereocenters. The molecule has 0 fully saturated rings. The number of halogens is 2. The average Bonchev–Trinajstić information content (AvgIpc) is 3.08. The Morgan fingerprint density at radius 1 is 1.35 bits per heavy atom. The summed E-state index contributed by atoms with van der Waals surface area (Å²) in [5.41, 5.74) is -0.651. The van der Waals surface area contributed by atoms with E-state index in [0.717, 1.165) is 11.9 Å². The van der Waals surface area contributed by atoms with E-state index in [4.69, 9.17) is 4.74 Å². The first-order valence-corrected chi connectivity index (χ1v) is 9.77. The predicted molar refractivity (Wildman–Crippen MR) is 111 cm³/mol. The number of aliphatic hydroxyl groups is 1. The molecule has 3 rings (SSSR count). The lowest BCUT2D eigenvalue weighted by atomic mass is 10.0. The second kappa shape index (κ2) is 8.84. The molecule has 8 nitrogen and oxygen atoms in total. The lowest BCUT2D eigenvalue weighted by Gasteiger charge is -2.15. The van der Waals surface area contributed by atoms with Crippen LogP contribution in [-0.2, 0) is 6.42 Å². The number of fused-ring (bicyclic) bond motifs is 1. The number of anilines is 1. The lowest BCUT2D eigenvalue weighted by Crippen LogP contribution is -2.29. The Bertz CT molecular complexity index is 1150. The van der Waals surface area contributed by atoms with Gasteiger partial charge in [0.1, 0.15) is 5.56 Å². The molecule has 31 heavy (non-hydrogen) atoms. The molecule has 0 unspecified atom stereocenters. The number of rotatable bonds is 8. The number of alkyl halides is 2. The van der Waals surface area contributed by atoms with E-state index in [1.165, 1.54) is 12.1 Å². The summed E-state index contributed by atoms with van der Waals surface area (Å²) in [6.07, 6.45) is 3.57. The van der Waals surface area contributed by atoms with Gasteiger partial charge < -0.3 is 15.2 Å². The first kappa shape index (κ1) is 22.4. The van der Waals surface area contributed by atoms with Crippen LogP contribution in [0.4, 0.5) is 14.5 Å². The molecule has 0 aliphatic carbocycles. The van der Waals surface area contributed by atoms with Crippen LogP contribution in [0.2, 0.25) is 0 Å². The van der Waals surface area contributed by atoms with E-state index in [1.807, 2.05) is 6.07 Å². The molecule has 2 N–H and O–H groups in total. The molecule has 0 spiro atoms. The van der Waals surface area contributed by atoms with E-state index in [0.29, 0.717) is 30.7 Å². The van der Waals surface area contributed by atoms with Crippen LogP contribution in [0.5, 0.6) is 5.75 Å². The standard InChI is InChI=1S/C21H24F2N4O4/c1-4-31-17-12-27-14(10-13(25-27)7-8-21(2,3)30)11-16(17)24-18(28)15-6-5-9-26(19(15)29)20(22)23/h5-6,9-12,20,30H,4,7-8H2,1-3H3,(H,24,28). The Balaban J connectivity index is 1.93. The van der Waals surface area contributed by atoms with Crippen molar-refractivity contribution in [2.75, 3.05) is 11.9 Å². The van der Waals surface area contributed by atoms with Crippen molar-refractivity contribution in [1.82, 2.24) is 14.2 Å². The SMILES string of the molecule is CCOc1cn2nc(CCC(C)(C)O)cc2cc1NC(=O)c1cccn(C(F)F)c1=O. The van der Waals surface area contributed by atoms with E-state index < -0.39 is 29.2 Å². The van der Waals surface area contributed by atoms with Gasteiger partial charge in [-0.15, -0.1) is 0 Å². The van der Waals surface area contributed by atoms with Crippen LogP contribution in [0, 0.1) is 0 Å². The molecule has 166 valence electrons. The van der Waals surface area contributed by atoms with Crippen molar-refractivity contribution in [2.24, 2.45) is 0 Å². The van der Waals surface area contributed by atoms with Gasteiger partial charge in [-0.3, -0.25) is 14.2 Å². The fraction of sp³-hybridized carbons (Fsp3) is 0.381. The van der Waals surface area contributed by atoms with Gasteiger partial charge in [-0.1, -0.05) is 0 Å². The summed E-state index contributed by atoms with van der Waals surface area (Å²) in [5.74, 6) is -0.516. The van der Waals surface area contributed by atoms with Crippen molar-refractivity contribution >= 4 is 17.1 Å². The highest BCUT2D eigenvalue weighted by Crippen LogP contribution is 2.27. The van der Waals surface area contributed by atoms with Crippen LogP contribution in [0.1, 0.15) is 49.8 Å². The maximum atomic E-state index is 13.0. The molecule has 10 heteroatoms. The average molecular weight is 434 g/mol. The fourth-order valence-electron chi connectivity index (χ4n) is 3.02. The molecule has 3 heterocycles. The zero-order valence-electron chi connectivity index (χ0n) is 17.4. The normalized spacial score (nSPS) is 11.8. The Morgan fingerprint density at radius 3 is 2.74 bits per heavy atom. The van der Waals surface area contributed by atoms with Crippen molar-refractivity contribution < 1.29 is 23.4 Å². The quantitative estimate of drug-likeness (QED) is 0.567. The van der Waals surface area contributed by atoms with Crippen LogP contribution < -0.4 is 15.6 Å². The number of hydrogen-bond donors (Lipinski definition) is 2. The molecule has 0 aliphatic rings.